The predicted octanol–water partition coefficient (Wildman–Crippen LogP) is 4.47. The lowest BCUT2D eigenvalue weighted by Crippen LogP contribution is -2.18. The molecule has 0 amide bonds. The Morgan fingerprint density at radius 3 is 2.39 bits per heavy atom. The Bertz CT molecular complexity index is 390. The minimum atomic E-state index is -0.205. The van der Waals surface area contributed by atoms with E-state index in [0.717, 1.165) is 5.56 Å². The molecule has 1 atom stereocenters. The van der Waals surface area contributed by atoms with E-state index >= 15 is 0 Å². The number of carbonyl (C=O) groups is 1. The number of rotatable bonds is 4. The van der Waals surface area contributed by atoms with E-state index in [1.165, 1.54) is 44.2 Å². The van der Waals surface area contributed by atoms with Crippen LogP contribution in [0.15, 0.2) is 24.3 Å². The molecular weight excluding hydrogens is 227 g/mol. The molecular formula is C16H21FO. The summed E-state index contributed by atoms with van der Waals surface area (Å²) in [5, 5.41) is 0. The summed E-state index contributed by atoms with van der Waals surface area (Å²) in [7, 11) is 0. The number of ketones is 1. The smallest absolute Gasteiger partial charge is 0.130 e. The summed E-state index contributed by atoms with van der Waals surface area (Å²) < 4.78 is 13.0. The van der Waals surface area contributed by atoms with Gasteiger partial charge < -0.3 is 4.79 Å². The van der Waals surface area contributed by atoms with Gasteiger partial charge in [0.1, 0.15) is 11.6 Å². The van der Waals surface area contributed by atoms with Crippen molar-refractivity contribution in [1.29, 1.82) is 0 Å². The van der Waals surface area contributed by atoms with E-state index in [1.807, 2.05) is 12.1 Å². The molecule has 0 spiro atoms. The van der Waals surface area contributed by atoms with Crippen molar-refractivity contribution in [3.8, 4) is 0 Å². The largest absolute Gasteiger partial charge is 0.300 e. The molecule has 0 aromatic heterocycles. The van der Waals surface area contributed by atoms with Gasteiger partial charge in [0.25, 0.3) is 0 Å². The molecule has 1 fully saturated rings. The van der Waals surface area contributed by atoms with Crippen molar-refractivity contribution >= 4 is 5.78 Å². The molecule has 1 aromatic carbocycles. The van der Waals surface area contributed by atoms with E-state index in [1.54, 1.807) is 6.92 Å². The summed E-state index contributed by atoms with van der Waals surface area (Å²) in [6.45, 7) is 1.65. The van der Waals surface area contributed by atoms with Crippen LogP contribution in [0.2, 0.25) is 0 Å². The summed E-state index contributed by atoms with van der Waals surface area (Å²) in [6, 6.07) is 6.70. The molecule has 18 heavy (non-hydrogen) atoms. The van der Waals surface area contributed by atoms with Crippen molar-refractivity contribution in [2.24, 2.45) is 5.92 Å². The van der Waals surface area contributed by atoms with Crippen LogP contribution in [0.3, 0.4) is 0 Å². The molecule has 1 saturated carbocycles. The Labute approximate surface area is 108 Å². The summed E-state index contributed by atoms with van der Waals surface area (Å²) in [4.78, 5) is 11.5. The van der Waals surface area contributed by atoms with Crippen molar-refractivity contribution in [3.05, 3.63) is 35.6 Å². The first-order valence-corrected chi connectivity index (χ1v) is 6.91. The van der Waals surface area contributed by atoms with Crippen LogP contribution in [-0.4, -0.2) is 5.78 Å². The van der Waals surface area contributed by atoms with Gasteiger partial charge in [0.2, 0.25) is 0 Å². The normalized spacial score (nSPS) is 18.6. The molecule has 0 bridgehead atoms. The number of benzene rings is 1. The van der Waals surface area contributed by atoms with Gasteiger partial charge in [0.05, 0.1) is 0 Å². The van der Waals surface area contributed by atoms with Gasteiger partial charge in [-0.1, -0.05) is 31.4 Å². The van der Waals surface area contributed by atoms with E-state index in [9.17, 15) is 9.18 Å². The fourth-order valence-corrected chi connectivity index (χ4v) is 3.11. The molecule has 1 aromatic rings. The lowest BCUT2D eigenvalue weighted by Gasteiger charge is -2.30. The van der Waals surface area contributed by atoms with Gasteiger partial charge in [-0.05, 0) is 49.3 Å². The van der Waals surface area contributed by atoms with Gasteiger partial charge in [-0.2, -0.15) is 0 Å². The van der Waals surface area contributed by atoms with Gasteiger partial charge in [0, 0.05) is 6.42 Å². The molecule has 2 rings (SSSR count). The molecule has 0 aliphatic heterocycles. The quantitative estimate of drug-likeness (QED) is 0.768. The van der Waals surface area contributed by atoms with Crippen LogP contribution in [0.5, 0.6) is 0 Å². The molecule has 0 heterocycles. The van der Waals surface area contributed by atoms with Gasteiger partial charge in [-0.3, -0.25) is 0 Å². The SMILES string of the molecule is CC(=O)CC(c1ccc(F)cc1)C1CCCCC1. The van der Waals surface area contributed by atoms with Crippen LogP contribution in [0, 0.1) is 11.7 Å². The third kappa shape index (κ3) is 3.41. The van der Waals surface area contributed by atoms with Crippen molar-refractivity contribution in [3.63, 3.8) is 0 Å². The van der Waals surface area contributed by atoms with Crippen LogP contribution < -0.4 is 0 Å². The minimum Gasteiger partial charge on any atom is -0.300 e. The second-order valence-corrected chi connectivity index (χ2v) is 5.46. The lowest BCUT2D eigenvalue weighted by molar-refractivity contribution is -0.117. The number of halogens is 1. The second kappa shape index (κ2) is 6.12. The molecule has 98 valence electrons. The minimum absolute atomic E-state index is 0.205. The molecule has 2 heteroatoms. The predicted molar refractivity (Wildman–Crippen MR) is 71.0 cm³/mol. The highest BCUT2D eigenvalue weighted by atomic mass is 19.1. The summed E-state index contributed by atoms with van der Waals surface area (Å²) in [5.74, 6) is 0.898. The molecule has 0 N–H and O–H groups in total. The van der Waals surface area contributed by atoms with Crippen LogP contribution in [0.25, 0.3) is 0 Å². The fourth-order valence-electron chi connectivity index (χ4n) is 3.11. The van der Waals surface area contributed by atoms with Gasteiger partial charge in [-0.15, -0.1) is 0 Å². The number of carbonyl (C=O) groups excluding carboxylic acids is 1. The van der Waals surface area contributed by atoms with E-state index in [-0.39, 0.29) is 17.5 Å². The first-order chi connectivity index (χ1) is 8.66. The van der Waals surface area contributed by atoms with E-state index < -0.39 is 0 Å². The average Bonchev–Trinajstić information content (AvgIpc) is 2.38. The highest BCUT2D eigenvalue weighted by molar-refractivity contribution is 5.76. The van der Waals surface area contributed by atoms with Crippen LogP contribution >= 0.6 is 0 Å². The molecule has 1 aliphatic carbocycles. The summed E-state index contributed by atoms with van der Waals surface area (Å²) in [5.41, 5.74) is 1.12. The Kier molecular flexibility index (Phi) is 4.51. The first kappa shape index (κ1) is 13.3. The molecule has 0 radical (unpaired) electrons. The fraction of sp³-hybridized carbons (Fsp3) is 0.562. The van der Waals surface area contributed by atoms with Gasteiger partial charge in [0.15, 0.2) is 0 Å². The lowest BCUT2D eigenvalue weighted by atomic mass is 9.75. The second-order valence-electron chi connectivity index (χ2n) is 5.46. The standard InChI is InChI=1S/C16H21FO/c1-12(18)11-16(13-5-3-2-4-6-13)14-7-9-15(17)10-8-14/h7-10,13,16H,2-6,11H2,1H3. The zero-order valence-electron chi connectivity index (χ0n) is 11.0. The maximum Gasteiger partial charge on any atom is 0.130 e. The third-order valence-electron chi connectivity index (χ3n) is 4.02. The van der Waals surface area contributed by atoms with Gasteiger partial charge in [-0.25, -0.2) is 4.39 Å². The first-order valence-electron chi connectivity index (χ1n) is 6.91. The maximum absolute atomic E-state index is 13.0. The molecule has 1 nitrogen and oxygen atoms in total. The highest BCUT2D eigenvalue weighted by Crippen LogP contribution is 2.38. The average molecular weight is 248 g/mol. The molecule has 0 saturated heterocycles. The summed E-state index contributed by atoms with van der Waals surface area (Å²) in [6.07, 6.45) is 6.84. The van der Waals surface area contributed by atoms with Crippen molar-refractivity contribution in [1.82, 2.24) is 0 Å². The van der Waals surface area contributed by atoms with Crippen molar-refractivity contribution < 1.29 is 9.18 Å². The van der Waals surface area contributed by atoms with Crippen LogP contribution in [-0.2, 0) is 4.79 Å². The molecule has 1 aliphatic rings. The topological polar surface area (TPSA) is 17.1 Å². The number of Topliss-reactive ketones (excluding diaryl/α,β-unsaturated/α-hetero) is 1. The summed E-state index contributed by atoms with van der Waals surface area (Å²) >= 11 is 0. The van der Waals surface area contributed by atoms with Crippen molar-refractivity contribution in [2.45, 2.75) is 51.4 Å². The highest BCUT2D eigenvalue weighted by Gasteiger charge is 2.26. The van der Waals surface area contributed by atoms with Gasteiger partial charge >= 0.3 is 0 Å². The Morgan fingerprint density at radius 1 is 1.22 bits per heavy atom. The zero-order valence-corrected chi connectivity index (χ0v) is 11.0. The Hall–Kier alpha value is -1.18. The Balaban J connectivity index is 2.17. The van der Waals surface area contributed by atoms with Crippen LogP contribution in [0.4, 0.5) is 4.39 Å². The maximum atomic E-state index is 13.0. The van der Waals surface area contributed by atoms with E-state index in [0.29, 0.717) is 12.3 Å². The van der Waals surface area contributed by atoms with Crippen molar-refractivity contribution in [2.75, 3.05) is 0 Å². The number of hydrogen-bond donors (Lipinski definition) is 0. The third-order valence-corrected chi connectivity index (χ3v) is 4.02. The zero-order chi connectivity index (χ0) is 13.0. The molecule has 1 unspecified atom stereocenters. The monoisotopic (exact) mass is 248 g/mol. The van der Waals surface area contributed by atoms with E-state index in [2.05, 4.69) is 0 Å². The van der Waals surface area contributed by atoms with Crippen LogP contribution in [0.1, 0.15) is 56.9 Å². The Morgan fingerprint density at radius 2 is 1.83 bits per heavy atom. The number of hydrogen-bond acceptors (Lipinski definition) is 1. The van der Waals surface area contributed by atoms with E-state index in [4.69, 9.17) is 0 Å².